The molecule has 4 rings (SSSR count). The van der Waals surface area contributed by atoms with Gasteiger partial charge in [-0.3, -0.25) is 4.79 Å². The second-order valence-corrected chi connectivity index (χ2v) is 4.70. The molecule has 5 nitrogen and oxygen atoms in total. The van der Waals surface area contributed by atoms with Crippen molar-refractivity contribution in [3.8, 4) is 0 Å². The zero-order valence-electron chi connectivity index (χ0n) is 8.76. The molecule has 3 heterocycles. The van der Waals surface area contributed by atoms with Gasteiger partial charge >= 0.3 is 5.97 Å². The van der Waals surface area contributed by atoms with E-state index in [2.05, 4.69) is 15.3 Å². The Balaban J connectivity index is 2.00. The zero-order chi connectivity index (χ0) is 11.2. The largest absolute Gasteiger partial charge is 0.480 e. The number of rotatable bonds is 2. The summed E-state index contributed by atoms with van der Waals surface area (Å²) in [5, 5.41) is 12.4. The summed E-state index contributed by atoms with van der Waals surface area (Å²) < 4.78 is 0. The summed E-state index contributed by atoms with van der Waals surface area (Å²) in [5.41, 5.74) is 0.552. The van der Waals surface area contributed by atoms with Crippen LogP contribution in [-0.4, -0.2) is 33.6 Å². The first kappa shape index (κ1) is 9.72. The van der Waals surface area contributed by atoms with E-state index in [0.29, 0.717) is 5.92 Å². The van der Waals surface area contributed by atoms with E-state index in [4.69, 9.17) is 0 Å². The third-order valence-corrected chi connectivity index (χ3v) is 3.81. The lowest BCUT2D eigenvalue weighted by molar-refractivity contribution is -0.146. The Morgan fingerprint density at radius 2 is 2.38 bits per heavy atom. The number of nitrogens with zero attached hydrogens (tertiary/aromatic N) is 2. The van der Waals surface area contributed by atoms with E-state index in [-0.39, 0.29) is 5.41 Å². The predicted octanol–water partition coefficient (Wildman–Crippen LogP) is 0.181. The molecular formula is C11H13N3O2. The fourth-order valence-corrected chi connectivity index (χ4v) is 3.10. The highest BCUT2D eigenvalue weighted by molar-refractivity contribution is 5.77. The van der Waals surface area contributed by atoms with Crippen LogP contribution in [0.15, 0.2) is 18.6 Å². The summed E-state index contributed by atoms with van der Waals surface area (Å²) in [4.78, 5) is 19.4. The SMILES string of the molecule is O=C(O)C1NCC2CC1(c1ccncn1)C2. The molecule has 3 aliphatic rings. The number of aliphatic carboxylic acids is 1. The second kappa shape index (κ2) is 3.25. The molecule has 2 aliphatic heterocycles. The van der Waals surface area contributed by atoms with Crippen LogP contribution >= 0.6 is 0 Å². The molecule has 2 saturated heterocycles. The molecule has 0 spiro atoms. The van der Waals surface area contributed by atoms with Crippen molar-refractivity contribution in [3.05, 3.63) is 24.3 Å². The van der Waals surface area contributed by atoms with Gasteiger partial charge in [-0.15, -0.1) is 0 Å². The van der Waals surface area contributed by atoms with Gasteiger partial charge in [-0.05, 0) is 31.4 Å². The Morgan fingerprint density at radius 3 is 3.00 bits per heavy atom. The highest BCUT2D eigenvalue weighted by Gasteiger charge is 2.57. The van der Waals surface area contributed by atoms with Gasteiger partial charge in [0.15, 0.2) is 0 Å². The molecule has 1 saturated carbocycles. The minimum absolute atomic E-state index is 0.308. The number of carboxylic acids is 1. The van der Waals surface area contributed by atoms with Crippen LogP contribution in [0.5, 0.6) is 0 Å². The standard InChI is InChI=1S/C11H13N3O2/c15-10(16)9-11(3-7(4-11)5-13-9)8-1-2-12-6-14-8/h1-2,6-7,9,13H,3-5H2,(H,15,16). The number of hydrogen-bond donors (Lipinski definition) is 2. The lowest BCUT2D eigenvalue weighted by atomic mass is 9.54. The first-order valence-corrected chi connectivity index (χ1v) is 5.45. The highest BCUT2D eigenvalue weighted by atomic mass is 16.4. The number of carbonyl (C=O) groups is 1. The van der Waals surface area contributed by atoms with Crippen LogP contribution in [0.25, 0.3) is 0 Å². The van der Waals surface area contributed by atoms with Crippen LogP contribution in [0.4, 0.5) is 0 Å². The summed E-state index contributed by atoms with van der Waals surface area (Å²) >= 11 is 0. The van der Waals surface area contributed by atoms with Crippen molar-refractivity contribution in [1.29, 1.82) is 0 Å². The van der Waals surface area contributed by atoms with Gasteiger partial charge in [-0.1, -0.05) is 0 Å². The van der Waals surface area contributed by atoms with Crippen LogP contribution in [0.1, 0.15) is 18.5 Å². The van der Waals surface area contributed by atoms with E-state index >= 15 is 0 Å². The summed E-state index contributed by atoms with van der Waals surface area (Å²) in [6, 6.07) is 1.33. The van der Waals surface area contributed by atoms with Crippen molar-refractivity contribution >= 4 is 5.97 Å². The van der Waals surface area contributed by atoms with Gasteiger partial charge in [-0.25, -0.2) is 9.97 Å². The molecule has 1 aromatic heterocycles. The number of carboxylic acid groups (broad SMARTS) is 1. The molecule has 2 N–H and O–H groups in total. The van der Waals surface area contributed by atoms with Gasteiger partial charge in [0.05, 0.1) is 5.69 Å². The third kappa shape index (κ3) is 1.18. The van der Waals surface area contributed by atoms with Gasteiger partial charge in [-0.2, -0.15) is 0 Å². The fourth-order valence-electron chi connectivity index (χ4n) is 3.10. The Labute approximate surface area is 92.9 Å². The molecule has 1 unspecified atom stereocenters. The highest BCUT2D eigenvalue weighted by Crippen LogP contribution is 2.52. The Morgan fingerprint density at radius 1 is 1.56 bits per heavy atom. The summed E-state index contributed by atoms with van der Waals surface area (Å²) in [6.07, 6.45) is 5.02. The lowest BCUT2D eigenvalue weighted by Crippen LogP contribution is -2.67. The predicted molar refractivity (Wildman–Crippen MR) is 55.9 cm³/mol. The molecule has 1 aliphatic carbocycles. The molecule has 5 heteroatoms. The molecule has 0 radical (unpaired) electrons. The lowest BCUT2D eigenvalue weighted by Gasteiger charge is -2.55. The van der Waals surface area contributed by atoms with E-state index in [9.17, 15) is 9.90 Å². The van der Waals surface area contributed by atoms with Crippen LogP contribution < -0.4 is 5.32 Å². The fraction of sp³-hybridized carbons (Fsp3) is 0.545. The van der Waals surface area contributed by atoms with Crippen LogP contribution in [0.3, 0.4) is 0 Å². The first-order valence-electron chi connectivity index (χ1n) is 5.45. The normalized spacial score (nSPS) is 36.5. The van der Waals surface area contributed by atoms with E-state index < -0.39 is 12.0 Å². The maximum atomic E-state index is 11.3. The van der Waals surface area contributed by atoms with Gasteiger partial charge in [0.2, 0.25) is 0 Å². The Kier molecular flexibility index (Phi) is 1.97. The molecule has 2 bridgehead atoms. The van der Waals surface area contributed by atoms with E-state index in [0.717, 1.165) is 25.1 Å². The minimum Gasteiger partial charge on any atom is -0.480 e. The van der Waals surface area contributed by atoms with Crippen molar-refractivity contribution in [1.82, 2.24) is 15.3 Å². The molecular weight excluding hydrogens is 206 g/mol. The number of piperidine rings is 2. The molecule has 1 aromatic rings. The van der Waals surface area contributed by atoms with Gasteiger partial charge < -0.3 is 10.4 Å². The first-order chi connectivity index (χ1) is 7.72. The quantitative estimate of drug-likeness (QED) is 0.742. The van der Waals surface area contributed by atoms with E-state index in [1.54, 1.807) is 6.20 Å². The number of fused-ring (bicyclic) bond motifs is 2. The van der Waals surface area contributed by atoms with Gasteiger partial charge in [0.1, 0.15) is 12.4 Å². The van der Waals surface area contributed by atoms with Gasteiger partial charge in [0.25, 0.3) is 0 Å². The molecule has 84 valence electrons. The van der Waals surface area contributed by atoms with Crippen molar-refractivity contribution in [3.63, 3.8) is 0 Å². The third-order valence-electron chi connectivity index (χ3n) is 3.81. The summed E-state index contributed by atoms with van der Waals surface area (Å²) in [5.74, 6) is -0.178. The smallest absolute Gasteiger partial charge is 0.321 e. The average molecular weight is 219 g/mol. The van der Waals surface area contributed by atoms with Crippen molar-refractivity contribution < 1.29 is 9.90 Å². The van der Waals surface area contributed by atoms with Crippen molar-refractivity contribution in [2.75, 3.05) is 6.54 Å². The average Bonchev–Trinajstić information content (AvgIpc) is 2.28. The van der Waals surface area contributed by atoms with Crippen LogP contribution in [0, 0.1) is 5.92 Å². The number of hydrogen-bond acceptors (Lipinski definition) is 4. The van der Waals surface area contributed by atoms with Crippen LogP contribution in [-0.2, 0) is 10.2 Å². The maximum absolute atomic E-state index is 11.3. The van der Waals surface area contributed by atoms with E-state index in [1.165, 1.54) is 6.33 Å². The molecule has 3 fully saturated rings. The molecule has 16 heavy (non-hydrogen) atoms. The second-order valence-electron chi connectivity index (χ2n) is 4.70. The van der Waals surface area contributed by atoms with Crippen molar-refractivity contribution in [2.24, 2.45) is 5.92 Å². The molecule has 1 atom stereocenters. The minimum atomic E-state index is -0.781. The topological polar surface area (TPSA) is 75.1 Å². The summed E-state index contributed by atoms with van der Waals surface area (Å²) in [7, 11) is 0. The Hall–Kier alpha value is -1.49. The number of nitrogens with one attached hydrogen (secondary N) is 1. The monoisotopic (exact) mass is 219 g/mol. The van der Waals surface area contributed by atoms with Crippen LogP contribution in [0.2, 0.25) is 0 Å². The molecule has 0 aromatic carbocycles. The van der Waals surface area contributed by atoms with E-state index in [1.807, 2.05) is 6.07 Å². The maximum Gasteiger partial charge on any atom is 0.321 e. The zero-order valence-corrected chi connectivity index (χ0v) is 8.76. The number of aromatic nitrogens is 2. The Bertz CT molecular complexity index is 414. The van der Waals surface area contributed by atoms with Gasteiger partial charge in [0, 0.05) is 11.6 Å². The van der Waals surface area contributed by atoms with Crippen molar-refractivity contribution in [2.45, 2.75) is 24.3 Å². The summed E-state index contributed by atoms with van der Waals surface area (Å²) in [6.45, 7) is 0.809. The molecule has 0 amide bonds.